The molecule has 2 N–H and O–H groups in total. The van der Waals surface area contributed by atoms with Crippen LogP contribution in [-0.4, -0.2) is 16.1 Å². The number of aryl methyl sites for hydroxylation is 1. The van der Waals surface area contributed by atoms with Crippen molar-refractivity contribution in [3.8, 4) is 0 Å². The van der Waals surface area contributed by atoms with Gasteiger partial charge in [-0.1, -0.05) is 30.7 Å². The Balaban J connectivity index is 2.30. The van der Waals surface area contributed by atoms with Crippen molar-refractivity contribution in [3.05, 3.63) is 46.6 Å². The Morgan fingerprint density at radius 2 is 2.29 bits per heavy atom. The summed E-state index contributed by atoms with van der Waals surface area (Å²) in [5.41, 5.74) is 4.13. The van der Waals surface area contributed by atoms with Crippen LogP contribution in [0.2, 0.25) is 5.02 Å². The average molecular weight is 346 g/mol. The number of hydrogen-bond acceptors (Lipinski definition) is 1. The number of allylic oxidation sites excluding steroid dienone is 1. The van der Waals surface area contributed by atoms with Crippen molar-refractivity contribution in [2.75, 3.05) is 0 Å². The zero-order valence-electron chi connectivity index (χ0n) is 14.3. The molecule has 1 aromatic carbocycles. The molecule has 2 atom stereocenters. The minimum Gasteiger partial charge on any atom is -0.481 e. The molecular formula is C20H24ClNO2. The van der Waals surface area contributed by atoms with Crippen LogP contribution in [0.5, 0.6) is 0 Å². The van der Waals surface area contributed by atoms with Gasteiger partial charge >= 0.3 is 5.97 Å². The number of hydrogen-bond donors (Lipinski definition) is 2. The van der Waals surface area contributed by atoms with Gasteiger partial charge in [-0.25, -0.2) is 0 Å². The van der Waals surface area contributed by atoms with E-state index < -0.39 is 5.97 Å². The van der Waals surface area contributed by atoms with Gasteiger partial charge in [0.1, 0.15) is 0 Å². The Labute approximate surface area is 147 Å². The number of carbonyl (C=O) groups is 1. The van der Waals surface area contributed by atoms with E-state index in [0.717, 1.165) is 47.5 Å². The van der Waals surface area contributed by atoms with Crippen molar-refractivity contribution in [3.63, 3.8) is 0 Å². The monoisotopic (exact) mass is 345 g/mol. The van der Waals surface area contributed by atoms with Crippen LogP contribution < -0.4 is 0 Å². The zero-order chi connectivity index (χ0) is 17.5. The van der Waals surface area contributed by atoms with E-state index in [1.165, 1.54) is 10.9 Å². The standard InChI is InChI=1S/C20H24ClNO2/c1-4-6-13-9-10-20(5-2,11-16(23)24)19-17(13)14-7-8-15(21)12(3)18(14)22-19/h4,7-8,13,22H,1,5-6,9-11H2,2-3H3,(H,23,24). The fraction of sp³-hybridized carbons (Fsp3) is 0.450. The molecule has 1 aromatic heterocycles. The van der Waals surface area contributed by atoms with Crippen LogP contribution in [-0.2, 0) is 10.2 Å². The van der Waals surface area contributed by atoms with Crippen LogP contribution in [0.1, 0.15) is 61.8 Å². The average Bonchev–Trinajstić information content (AvgIpc) is 2.94. The van der Waals surface area contributed by atoms with Crippen LogP contribution in [0.25, 0.3) is 10.9 Å². The van der Waals surface area contributed by atoms with Gasteiger partial charge in [-0.05, 0) is 55.7 Å². The molecule has 24 heavy (non-hydrogen) atoms. The summed E-state index contributed by atoms with van der Waals surface area (Å²) in [5, 5.41) is 11.4. The van der Waals surface area contributed by atoms with Crippen molar-refractivity contribution in [2.24, 2.45) is 0 Å². The smallest absolute Gasteiger partial charge is 0.304 e. The molecule has 1 heterocycles. The van der Waals surface area contributed by atoms with Gasteiger partial charge in [0.15, 0.2) is 0 Å². The fourth-order valence-electron chi connectivity index (χ4n) is 4.34. The van der Waals surface area contributed by atoms with Gasteiger partial charge in [0.2, 0.25) is 0 Å². The predicted octanol–water partition coefficient (Wildman–Crippen LogP) is 5.71. The van der Waals surface area contributed by atoms with Crippen LogP contribution in [0.15, 0.2) is 24.8 Å². The molecule has 0 saturated heterocycles. The molecule has 3 rings (SSSR count). The first-order valence-electron chi connectivity index (χ1n) is 8.57. The number of H-pyrrole nitrogens is 1. The van der Waals surface area contributed by atoms with Crippen LogP contribution >= 0.6 is 11.6 Å². The molecule has 0 radical (unpaired) electrons. The molecule has 0 aliphatic heterocycles. The summed E-state index contributed by atoms with van der Waals surface area (Å²) >= 11 is 6.31. The Morgan fingerprint density at radius 1 is 1.54 bits per heavy atom. The van der Waals surface area contributed by atoms with E-state index in [4.69, 9.17) is 11.6 Å². The molecule has 0 bridgehead atoms. The maximum Gasteiger partial charge on any atom is 0.304 e. The Kier molecular flexibility index (Phi) is 4.48. The second-order valence-corrected chi connectivity index (χ2v) is 7.38. The molecule has 0 spiro atoms. The number of halogens is 1. The fourth-order valence-corrected chi connectivity index (χ4v) is 4.50. The summed E-state index contributed by atoms with van der Waals surface area (Å²) in [6.45, 7) is 8.01. The first kappa shape index (κ1) is 17.1. The van der Waals surface area contributed by atoms with Gasteiger partial charge in [0, 0.05) is 21.5 Å². The number of aromatic nitrogens is 1. The molecule has 0 fully saturated rings. The Hall–Kier alpha value is -1.74. The van der Waals surface area contributed by atoms with E-state index in [2.05, 4.69) is 24.6 Å². The molecule has 4 heteroatoms. The number of nitrogens with one attached hydrogen (secondary N) is 1. The highest BCUT2D eigenvalue weighted by Crippen LogP contribution is 2.50. The molecular weight excluding hydrogens is 322 g/mol. The molecule has 2 unspecified atom stereocenters. The minimum atomic E-state index is -0.738. The maximum absolute atomic E-state index is 11.5. The van der Waals surface area contributed by atoms with Crippen LogP contribution in [0, 0.1) is 6.92 Å². The number of aliphatic carboxylic acids is 1. The molecule has 1 aliphatic carbocycles. The first-order valence-corrected chi connectivity index (χ1v) is 8.95. The van der Waals surface area contributed by atoms with E-state index >= 15 is 0 Å². The number of aromatic amines is 1. The lowest BCUT2D eigenvalue weighted by Crippen LogP contribution is -2.34. The lowest BCUT2D eigenvalue weighted by molar-refractivity contribution is -0.138. The van der Waals surface area contributed by atoms with E-state index in [9.17, 15) is 9.90 Å². The van der Waals surface area contributed by atoms with Crippen molar-refractivity contribution in [2.45, 2.75) is 57.3 Å². The van der Waals surface area contributed by atoms with Crippen LogP contribution in [0.4, 0.5) is 0 Å². The number of carboxylic acid groups (broad SMARTS) is 1. The predicted molar refractivity (Wildman–Crippen MR) is 99.1 cm³/mol. The molecule has 1 aliphatic rings. The number of carboxylic acids is 1. The van der Waals surface area contributed by atoms with Crippen molar-refractivity contribution in [1.82, 2.24) is 4.98 Å². The normalized spacial score (nSPS) is 23.2. The largest absolute Gasteiger partial charge is 0.481 e. The van der Waals surface area contributed by atoms with Gasteiger partial charge in [-0.3, -0.25) is 4.79 Å². The van der Waals surface area contributed by atoms with Gasteiger partial charge in [-0.15, -0.1) is 6.58 Å². The molecule has 2 aromatic rings. The summed E-state index contributed by atoms with van der Waals surface area (Å²) in [5.74, 6) is -0.348. The zero-order valence-corrected chi connectivity index (χ0v) is 15.0. The third-order valence-corrected chi connectivity index (χ3v) is 6.15. The summed E-state index contributed by atoms with van der Waals surface area (Å²) in [6.07, 6.45) is 5.74. The lowest BCUT2D eigenvalue weighted by Gasteiger charge is -2.38. The van der Waals surface area contributed by atoms with Gasteiger partial charge in [-0.2, -0.15) is 0 Å². The highest BCUT2D eigenvalue weighted by Gasteiger charge is 2.42. The lowest BCUT2D eigenvalue weighted by atomic mass is 9.65. The van der Waals surface area contributed by atoms with E-state index in [-0.39, 0.29) is 11.8 Å². The summed E-state index contributed by atoms with van der Waals surface area (Å²) < 4.78 is 0. The van der Waals surface area contributed by atoms with Crippen molar-refractivity contribution in [1.29, 1.82) is 0 Å². The highest BCUT2D eigenvalue weighted by atomic mass is 35.5. The molecule has 3 nitrogen and oxygen atoms in total. The highest BCUT2D eigenvalue weighted by molar-refractivity contribution is 6.32. The van der Waals surface area contributed by atoms with Gasteiger partial charge in [0.25, 0.3) is 0 Å². The summed E-state index contributed by atoms with van der Waals surface area (Å²) in [6, 6.07) is 4.01. The molecule has 0 amide bonds. The second-order valence-electron chi connectivity index (χ2n) is 6.97. The number of fused-ring (bicyclic) bond motifs is 3. The van der Waals surface area contributed by atoms with Crippen LogP contribution in [0.3, 0.4) is 0 Å². The maximum atomic E-state index is 11.5. The van der Waals surface area contributed by atoms with Gasteiger partial charge < -0.3 is 10.1 Å². The molecule has 0 saturated carbocycles. The second kappa shape index (κ2) is 6.29. The van der Waals surface area contributed by atoms with Gasteiger partial charge in [0.05, 0.1) is 11.9 Å². The summed E-state index contributed by atoms with van der Waals surface area (Å²) in [7, 11) is 0. The summed E-state index contributed by atoms with van der Waals surface area (Å²) in [4.78, 5) is 15.1. The Bertz CT molecular complexity index is 808. The van der Waals surface area contributed by atoms with Crippen molar-refractivity contribution < 1.29 is 9.90 Å². The topological polar surface area (TPSA) is 53.1 Å². The van der Waals surface area contributed by atoms with E-state index in [0.29, 0.717) is 5.92 Å². The van der Waals surface area contributed by atoms with E-state index in [1.54, 1.807) is 0 Å². The third kappa shape index (κ3) is 2.55. The van der Waals surface area contributed by atoms with E-state index in [1.807, 2.05) is 19.1 Å². The number of benzene rings is 1. The minimum absolute atomic E-state index is 0.164. The SMILES string of the molecule is C=CCC1CCC(CC)(CC(=O)O)c2[nH]c3c(C)c(Cl)ccc3c21. The van der Waals surface area contributed by atoms with Crippen molar-refractivity contribution >= 4 is 28.5 Å². The third-order valence-electron chi connectivity index (χ3n) is 5.74. The Morgan fingerprint density at radius 3 is 2.92 bits per heavy atom. The quantitative estimate of drug-likeness (QED) is 0.682. The first-order chi connectivity index (χ1) is 11.4. The molecule has 128 valence electrons. The number of rotatable bonds is 5.